The van der Waals surface area contributed by atoms with Gasteiger partial charge in [-0.2, -0.15) is 5.10 Å². The molecule has 0 fully saturated rings. The first-order valence-electron chi connectivity index (χ1n) is 13.5. The van der Waals surface area contributed by atoms with E-state index in [4.69, 9.17) is 30.5 Å². The van der Waals surface area contributed by atoms with Crippen LogP contribution in [0.25, 0.3) is 0 Å². The van der Waals surface area contributed by atoms with Crippen molar-refractivity contribution in [3.8, 4) is 17.2 Å². The number of nitrogens with zero attached hydrogens (tertiary/aromatic N) is 1. The highest BCUT2D eigenvalue weighted by atomic mass is 35.5. The second-order valence-corrected chi connectivity index (χ2v) is 9.84. The Balaban J connectivity index is 1.35. The second kappa shape index (κ2) is 14.9. The lowest BCUT2D eigenvalue weighted by Gasteiger charge is -2.28. The van der Waals surface area contributed by atoms with Crippen LogP contribution in [0, 0.1) is 0 Å². The van der Waals surface area contributed by atoms with Crippen molar-refractivity contribution in [1.82, 2.24) is 16.1 Å². The maximum absolute atomic E-state index is 12.4. The van der Waals surface area contributed by atoms with Crippen molar-refractivity contribution in [2.45, 2.75) is 32.7 Å². The summed E-state index contributed by atoms with van der Waals surface area (Å²) >= 11 is 5.93. The number of amides is 2. The smallest absolute Gasteiger partial charge is 0.337 e. The fraction of sp³-hybridized carbons (Fsp3) is 0.258. The van der Waals surface area contributed by atoms with Crippen LogP contribution in [0.15, 0.2) is 83.1 Å². The predicted molar refractivity (Wildman–Crippen MR) is 161 cm³/mol. The Morgan fingerprint density at radius 2 is 1.88 bits per heavy atom. The summed E-state index contributed by atoms with van der Waals surface area (Å²) in [4.78, 5) is 24.6. The second-order valence-electron chi connectivity index (χ2n) is 9.40. The van der Waals surface area contributed by atoms with Crippen LogP contribution in [-0.4, -0.2) is 49.9 Å². The number of carbonyl (C=O) groups is 2. The van der Waals surface area contributed by atoms with Crippen molar-refractivity contribution < 1.29 is 33.6 Å². The SMILES string of the molecule is CCOc1cc([C@H]2NC(=O)NC(C)=C2C(=O)OC)ccc1OC[C@H](O)N/N=C/c1cccc(OCc2ccc(Cl)cc2)c1. The number of esters is 1. The Morgan fingerprint density at radius 1 is 1.09 bits per heavy atom. The van der Waals surface area contributed by atoms with E-state index in [9.17, 15) is 14.7 Å². The molecular weight excluding hydrogens is 576 g/mol. The Bertz CT molecular complexity index is 1490. The number of aliphatic hydroxyl groups is 1. The van der Waals surface area contributed by atoms with E-state index in [1.165, 1.54) is 7.11 Å². The van der Waals surface area contributed by atoms with Crippen LogP contribution < -0.4 is 30.3 Å². The fourth-order valence-electron chi connectivity index (χ4n) is 4.25. The third-order valence-electron chi connectivity index (χ3n) is 6.29. The van der Waals surface area contributed by atoms with Crippen molar-refractivity contribution in [3.63, 3.8) is 0 Å². The number of methoxy groups -OCH3 is 1. The molecule has 43 heavy (non-hydrogen) atoms. The normalized spacial score (nSPS) is 15.4. The lowest BCUT2D eigenvalue weighted by Crippen LogP contribution is -2.45. The lowest BCUT2D eigenvalue weighted by atomic mass is 9.95. The highest BCUT2D eigenvalue weighted by Crippen LogP contribution is 2.35. The minimum Gasteiger partial charge on any atom is -0.490 e. The summed E-state index contributed by atoms with van der Waals surface area (Å²) in [7, 11) is 1.28. The number of urea groups is 1. The van der Waals surface area contributed by atoms with Crippen molar-refractivity contribution in [2.75, 3.05) is 20.3 Å². The first-order valence-corrected chi connectivity index (χ1v) is 13.8. The number of nitrogens with one attached hydrogen (secondary N) is 3. The molecule has 11 nitrogen and oxygen atoms in total. The summed E-state index contributed by atoms with van der Waals surface area (Å²) in [6.07, 6.45) is 0.426. The molecular formula is C31H33ClN4O7. The van der Waals surface area contributed by atoms with E-state index in [1.54, 1.807) is 31.3 Å². The molecule has 1 aliphatic rings. The molecule has 4 rings (SSSR count). The third kappa shape index (κ3) is 8.63. The zero-order valence-corrected chi connectivity index (χ0v) is 24.7. The highest BCUT2D eigenvalue weighted by molar-refractivity contribution is 6.30. The Kier molecular flexibility index (Phi) is 10.8. The number of halogens is 1. The first kappa shape index (κ1) is 31.2. The Hall–Kier alpha value is -4.74. The molecule has 1 heterocycles. The third-order valence-corrected chi connectivity index (χ3v) is 6.54. The van der Waals surface area contributed by atoms with Gasteiger partial charge in [-0.25, -0.2) is 9.59 Å². The van der Waals surface area contributed by atoms with Crippen molar-refractivity contribution in [3.05, 3.63) is 99.7 Å². The molecule has 0 unspecified atom stereocenters. The first-order chi connectivity index (χ1) is 20.8. The molecule has 1 aliphatic heterocycles. The maximum atomic E-state index is 12.4. The van der Waals surface area contributed by atoms with Crippen LogP contribution in [0.3, 0.4) is 0 Å². The number of aliphatic hydroxyl groups excluding tert-OH is 1. The summed E-state index contributed by atoms with van der Waals surface area (Å²) < 4.78 is 22.3. The number of hydrogen-bond acceptors (Lipinski definition) is 9. The van der Waals surface area contributed by atoms with Crippen LogP contribution in [0.4, 0.5) is 4.79 Å². The minimum absolute atomic E-state index is 0.141. The van der Waals surface area contributed by atoms with Gasteiger partial charge in [0.05, 0.1) is 31.5 Å². The van der Waals surface area contributed by atoms with Gasteiger partial charge in [-0.15, -0.1) is 0 Å². The molecule has 2 atom stereocenters. The molecule has 0 spiro atoms. The van der Waals surface area contributed by atoms with E-state index < -0.39 is 24.3 Å². The molecule has 4 N–H and O–H groups in total. The van der Waals surface area contributed by atoms with E-state index >= 15 is 0 Å². The number of hydrogen-bond donors (Lipinski definition) is 4. The lowest BCUT2D eigenvalue weighted by molar-refractivity contribution is -0.136. The summed E-state index contributed by atoms with van der Waals surface area (Å²) in [6, 6.07) is 18.6. The summed E-state index contributed by atoms with van der Waals surface area (Å²) in [5, 5.41) is 20.5. The number of allylic oxidation sites excluding steroid dienone is 1. The number of carbonyl (C=O) groups excluding carboxylic acids is 2. The minimum atomic E-state index is -1.13. The van der Waals surface area contributed by atoms with Gasteiger partial charge in [0.2, 0.25) is 0 Å². The summed E-state index contributed by atoms with van der Waals surface area (Å²) in [5.74, 6) is 0.839. The van der Waals surface area contributed by atoms with Gasteiger partial charge in [0.15, 0.2) is 17.7 Å². The summed E-state index contributed by atoms with van der Waals surface area (Å²) in [5.41, 5.74) is 5.64. The predicted octanol–water partition coefficient (Wildman–Crippen LogP) is 4.44. The molecule has 0 aromatic heterocycles. The molecule has 3 aromatic carbocycles. The van der Waals surface area contributed by atoms with Gasteiger partial charge in [0, 0.05) is 10.7 Å². The molecule has 3 aromatic rings. The van der Waals surface area contributed by atoms with Crippen LogP contribution in [-0.2, 0) is 16.1 Å². The molecule has 0 bridgehead atoms. The average Bonchev–Trinajstić information content (AvgIpc) is 3.00. The van der Waals surface area contributed by atoms with Gasteiger partial charge < -0.3 is 34.7 Å². The fourth-order valence-corrected chi connectivity index (χ4v) is 4.38. The van der Waals surface area contributed by atoms with E-state index in [0.29, 0.717) is 46.7 Å². The average molecular weight is 609 g/mol. The number of benzene rings is 3. The van der Waals surface area contributed by atoms with Gasteiger partial charge in [0.1, 0.15) is 19.0 Å². The van der Waals surface area contributed by atoms with Crippen molar-refractivity contribution in [1.29, 1.82) is 0 Å². The standard InChI is InChI=1S/C31H33ClN4O7/c1-4-41-26-15-22(29-28(30(38)40-3)19(2)34-31(39)35-29)10-13-25(26)43-18-27(37)36-33-16-21-6-5-7-24(14-21)42-17-20-8-11-23(32)12-9-20/h5-16,27,29,36-37H,4,17-18H2,1-3H3,(H2,34,35,39)/b33-16+/t27-,29+/m0/s1. The van der Waals surface area contributed by atoms with Crippen LogP contribution >= 0.6 is 11.6 Å². The van der Waals surface area contributed by atoms with Crippen LogP contribution in [0.2, 0.25) is 5.02 Å². The van der Waals surface area contributed by atoms with E-state index in [-0.39, 0.29) is 12.2 Å². The Labute approximate surface area is 254 Å². The van der Waals surface area contributed by atoms with Gasteiger partial charge in [-0.05, 0) is 66.9 Å². The number of hydrazone groups is 1. The number of ether oxygens (including phenoxy) is 4. The molecule has 0 radical (unpaired) electrons. The topological polar surface area (TPSA) is 140 Å². The highest BCUT2D eigenvalue weighted by Gasteiger charge is 2.32. The van der Waals surface area contributed by atoms with Gasteiger partial charge in [-0.1, -0.05) is 41.9 Å². The molecule has 0 saturated carbocycles. The van der Waals surface area contributed by atoms with Gasteiger partial charge >= 0.3 is 12.0 Å². The largest absolute Gasteiger partial charge is 0.490 e. The van der Waals surface area contributed by atoms with E-state index in [0.717, 1.165) is 11.1 Å². The monoisotopic (exact) mass is 608 g/mol. The molecule has 2 amide bonds. The van der Waals surface area contributed by atoms with E-state index in [2.05, 4.69) is 21.2 Å². The maximum Gasteiger partial charge on any atom is 0.337 e. The van der Waals surface area contributed by atoms with Crippen LogP contribution in [0.5, 0.6) is 17.2 Å². The van der Waals surface area contributed by atoms with E-state index in [1.807, 2.05) is 55.5 Å². The number of rotatable bonds is 13. The zero-order valence-electron chi connectivity index (χ0n) is 23.9. The van der Waals surface area contributed by atoms with Gasteiger partial charge in [-0.3, -0.25) is 5.43 Å². The molecule has 12 heteroatoms. The summed E-state index contributed by atoms with van der Waals surface area (Å²) in [6.45, 7) is 4.03. The van der Waals surface area contributed by atoms with Crippen molar-refractivity contribution >= 4 is 29.8 Å². The molecule has 0 aliphatic carbocycles. The Morgan fingerprint density at radius 3 is 2.63 bits per heavy atom. The quantitative estimate of drug-likeness (QED) is 0.0967. The zero-order chi connectivity index (χ0) is 30.8. The van der Waals surface area contributed by atoms with Crippen molar-refractivity contribution in [2.24, 2.45) is 5.10 Å². The van der Waals surface area contributed by atoms with Crippen LogP contribution in [0.1, 0.15) is 36.6 Å². The molecule has 0 saturated heterocycles. The van der Waals surface area contributed by atoms with Gasteiger partial charge in [0.25, 0.3) is 0 Å². The molecule has 226 valence electrons.